The fourth-order valence-corrected chi connectivity index (χ4v) is 2.26. The minimum Gasteiger partial charge on any atom is -0.496 e. The summed E-state index contributed by atoms with van der Waals surface area (Å²) in [5.74, 6) is -1.30. The smallest absolute Gasteiger partial charge is 0.347 e. The van der Waals surface area contributed by atoms with Crippen molar-refractivity contribution in [3.8, 4) is 11.5 Å². The number of hydrogen-bond donors (Lipinski definition) is 2. The van der Waals surface area contributed by atoms with Gasteiger partial charge in [-0.1, -0.05) is 29.8 Å². The molecule has 0 saturated carbocycles. The molecule has 2 N–H and O–H groups in total. The quantitative estimate of drug-likeness (QED) is 0.539. The first-order valence-corrected chi connectivity index (χ1v) is 8.59. The molecule has 1 atom stereocenters. The largest absolute Gasteiger partial charge is 0.496 e. The van der Waals surface area contributed by atoms with Gasteiger partial charge in [0.15, 0.2) is 12.7 Å². The summed E-state index contributed by atoms with van der Waals surface area (Å²) in [7, 11) is 1.40. The van der Waals surface area contributed by atoms with E-state index in [1.165, 1.54) is 26.2 Å². The van der Waals surface area contributed by atoms with E-state index >= 15 is 0 Å². The third-order valence-corrected chi connectivity index (χ3v) is 3.69. The van der Waals surface area contributed by atoms with E-state index in [1.807, 2.05) is 6.07 Å². The molecule has 0 aromatic heterocycles. The molecule has 0 aliphatic carbocycles. The van der Waals surface area contributed by atoms with Crippen molar-refractivity contribution < 1.29 is 28.6 Å². The van der Waals surface area contributed by atoms with Crippen LogP contribution in [0.5, 0.6) is 11.5 Å². The summed E-state index contributed by atoms with van der Waals surface area (Å²) in [6.45, 7) is 0.911. The average molecular weight is 407 g/mol. The lowest BCUT2D eigenvalue weighted by Crippen LogP contribution is -2.44. The highest BCUT2D eigenvalue weighted by Gasteiger charge is 2.18. The minimum atomic E-state index is -0.902. The summed E-state index contributed by atoms with van der Waals surface area (Å²) in [5, 5.41) is 0.332. The Hall–Kier alpha value is -3.26. The molecule has 0 unspecified atom stereocenters. The van der Waals surface area contributed by atoms with Crippen LogP contribution in [0, 0.1) is 0 Å². The average Bonchev–Trinajstić information content (AvgIpc) is 2.70. The van der Waals surface area contributed by atoms with E-state index in [-0.39, 0.29) is 11.3 Å². The second-order valence-corrected chi connectivity index (χ2v) is 5.96. The zero-order valence-corrected chi connectivity index (χ0v) is 16.0. The van der Waals surface area contributed by atoms with E-state index in [4.69, 9.17) is 25.8 Å². The minimum absolute atomic E-state index is 0.136. The Kier molecular flexibility index (Phi) is 7.65. The van der Waals surface area contributed by atoms with E-state index in [2.05, 4.69) is 10.9 Å². The van der Waals surface area contributed by atoms with Crippen molar-refractivity contribution in [2.45, 2.75) is 13.0 Å². The lowest BCUT2D eigenvalue weighted by molar-refractivity contribution is -0.154. The molecule has 0 bridgehead atoms. The molecule has 148 valence electrons. The van der Waals surface area contributed by atoms with Crippen LogP contribution in [0.25, 0.3) is 0 Å². The fraction of sp³-hybridized carbons (Fsp3) is 0.211. The highest BCUT2D eigenvalue weighted by Crippen LogP contribution is 2.22. The maximum atomic E-state index is 12.1. The Morgan fingerprint density at radius 2 is 1.79 bits per heavy atom. The number of benzene rings is 2. The van der Waals surface area contributed by atoms with E-state index in [0.29, 0.717) is 10.8 Å². The molecule has 2 aromatic rings. The van der Waals surface area contributed by atoms with E-state index in [1.54, 1.807) is 30.3 Å². The Bertz CT molecular complexity index is 844. The van der Waals surface area contributed by atoms with Crippen LogP contribution in [0.2, 0.25) is 5.02 Å². The van der Waals surface area contributed by atoms with Crippen molar-refractivity contribution in [3.63, 3.8) is 0 Å². The van der Waals surface area contributed by atoms with Gasteiger partial charge in [0, 0.05) is 5.02 Å². The Morgan fingerprint density at radius 3 is 2.46 bits per heavy atom. The first kappa shape index (κ1) is 21.0. The molecule has 0 heterocycles. The standard InChI is InChI=1S/C19H19ClN2O6/c1-12(28-14-6-4-3-5-7-14)19(25)27-11-17(23)21-22-18(24)15-10-13(20)8-9-16(15)26-2/h3-10,12H,11H2,1-2H3,(H,21,23)(H,22,24)/t12-/m0/s1. The fourth-order valence-electron chi connectivity index (χ4n) is 2.09. The number of nitrogens with one attached hydrogen (secondary N) is 2. The van der Waals surface area contributed by atoms with Gasteiger partial charge in [-0.2, -0.15) is 0 Å². The molecule has 28 heavy (non-hydrogen) atoms. The summed E-state index contributed by atoms with van der Waals surface area (Å²) in [5.41, 5.74) is 4.47. The van der Waals surface area contributed by atoms with Gasteiger partial charge >= 0.3 is 5.97 Å². The molecule has 8 nitrogen and oxygen atoms in total. The molecule has 0 spiro atoms. The maximum absolute atomic E-state index is 12.1. The second-order valence-electron chi connectivity index (χ2n) is 5.53. The Morgan fingerprint density at radius 1 is 1.07 bits per heavy atom. The molecule has 0 fully saturated rings. The highest BCUT2D eigenvalue weighted by molar-refractivity contribution is 6.31. The van der Waals surface area contributed by atoms with E-state index in [0.717, 1.165) is 0 Å². The van der Waals surface area contributed by atoms with Crippen LogP contribution >= 0.6 is 11.6 Å². The van der Waals surface area contributed by atoms with Crippen LogP contribution < -0.4 is 20.3 Å². The topological polar surface area (TPSA) is 103 Å². The molecule has 0 radical (unpaired) electrons. The third kappa shape index (κ3) is 6.17. The second kappa shape index (κ2) is 10.2. The van der Waals surface area contributed by atoms with Crippen LogP contribution in [0.15, 0.2) is 48.5 Å². The zero-order chi connectivity index (χ0) is 20.5. The lowest BCUT2D eigenvalue weighted by Gasteiger charge is -2.14. The number of halogens is 1. The number of para-hydroxylation sites is 1. The van der Waals surface area contributed by atoms with Gasteiger partial charge in [0.25, 0.3) is 11.8 Å². The predicted molar refractivity (Wildman–Crippen MR) is 101 cm³/mol. The number of hydrogen-bond acceptors (Lipinski definition) is 6. The molecule has 2 amide bonds. The SMILES string of the molecule is COc1ccc(Cl)cc1C(=O)NNC(=O)COC(=O)[C@H](C)Oc1ccccc1. The number of amides is 2. The van der Waals surface area contributed by atoms with Crippen LogP contribution in [0.1, 0.15) is 17.3 Å². The normalized spacial score (nSPS) is 11.1. The first-order chi connectivity index (χ1) is 13.4. The molecule has 0 aliphatic rings. The molecule has 9 heteroatoms. The Labute approximate surface area is 166 Å². The molecule has 2 aromatic carbocycles. The van der Waals surface area contributed by atoms with Crippen molar-refractivity contribution in [2.75, 3.05) is 13.7 Å². The van der Waals surface area contributed by atoms with Crippen LogP contribution in [0.3, 0.4) is 0 Å². The van der Waals surface area contributed by atoms with Crippen LogP contribution in [-0.2, 0) is 14.3 Å². The predicted octanol–water partition coefficient (Wildman–Crippen LogP) is 2.12. The van der Waals surface area contributed by atoms with E-state index in [9.17, 15) is 14.4 Å². The number of methoxy groups -OCH3 is 1. The summed E-state index contributed by atoms with van der Waals surface area (Å²) in [4.78, 5) is 35.8. The van der Waals surface area contributed by atoms with Crippen molar-refractivity contribution in [2.24, 2.45) is 0 Å². The summed E-state index contributed by atoms with van der Waals surface area (Å²) in [6.07, 6.45) is -0.902. The number of esters is 1. The van der Waals surface area contributed by atoms with Crippen LogP contribution in [0.4, 0.5) is 0 Å². The number of rotatable bonds is 7. The third-order valence-electron chi connectivity index (χ3n) is 3.46. The van der Waals surface area contributed by atoms with Gasteiger partial charge in [-0.15, -0.1) is 0 Å². The first-order valence-electron chi connectivity index (χ1n) is 8.21. The number of carbonyl (C=O) groups is 3. The maximum Gasteiger partial charge on any atom is 0.347 e. The molecular formula is C19H19ClN2O6. The van der Waals surface area contributed by atoms with E-state index < -0.39 is 30.5 Å². The summed E-state index contributed by atoms with van der Waals surface area (Å²) < 4.78 is 15.3. The van der Waals surface area contributed by atoms with Crippen molar-refractivity contribution in [1.82, 2.24) is 10.9 Å². The van der Waals surface area contributed by atoms with Crippen LogP contribution in [-0.4, -0.2) is 37.6 Å². The number of hydrazine groups is 1. The highest BCUT2D eigenvalue weighted by atomic mass is 35.5. The summed E-state index contributed by atoms with van der Waals surface area (Å²) >= 11 is 5.86. The van der Waals surface area contributed by atoms with Gasteiger partial charge < -0.3 is 14.2 Å². The molecular weight excluding hydrogens is 388 g/mol. The Balaban J connectivity index is 1.78. The van der Waals surface area contributed by atoms with Crippen molar-refractivity contribution in [3.05, 3.63) is 59.1 Å². The van der Waals surface area contributed by atoms with Gasteiger partial charge in [0.1, 0.15) is 11.5 Å². The molecule has 0 saturated heterocycles. The number of ether oxygens (including phenoxy) is 3. The lowest BCUT2D eigenvalue weighted by atomic mass is 10.2. The summed E-state index contributed by atoms with van der Waals surface area (Å²) in [6, 6.07) is 13.2. The molecule has 2 rings (SSSR count). The zero-order valence-electron chi connectivity index (χ0n) is 15.2. The van der Waals surface area contributed by atoms with Crippen molar-refractivity contribution in [1.29, 1.82) is 0 Å². The van der Waals surface area contributed by atoms with Gasteiger partial charge in [-0.3, -0.25) is 20.4 Å². The van der Waals surface area contributed by atoms with Gasteiger partial charge in [0.05, 0.1) is 12.7 Å². The number of carbonyl (C=O) groups excluding carboxylic acids is 3. The van der Waals surface area contributed by atoms with Crippen molar-refractivity contribution >= 4 is 29.4 Å². The van der Waals surface area contributed by atoms with Gasteiger partial charge in [-0.25, -0.2) is 4.79 Å². The van der Waals surface area contributed by atoms with Gasteiger partial charge in [-0.05, 0) is 37.3 Å². The van der Waals surface area contributed by atoms with Gasteiger partial charge in [0.2, 0.25) is 0 Å². The monoisotopic (exact) mass is 406 g/mol. The molecule has 0 aliphatic heterocycles.